The molecule has 31 heavy (non-hydrogen) atoms. The van der Waals surface area contributed by atoms with E-state index in [2.05, 4.69) is 32.3 Å². The second kappa shape index (κ2) is 11.1. The fourth-order valence-corrected chi connectivity index (χ4v) is 7.15. The van der Waals surface area contributed by atoms with Crippen LogP contribution in [0, 0.1) is 0 Å². The molecule has 0 saturated carbocycles. The van der Waals surface area contributed by atoms with Crippen LogP contribution in [0.15, 0.2) is 42.5 Å². The van der Waals surface area contributed by atoms with Crippen molar-refractivity contribution < 1.29 is 23.7 Å². The Morgan fingerprint density at radius 1 is 1.00 bits per heavy atom. The van der Waals surface area contributed by atoms with Crippen molar-refractivity contribution in [3.63, 3.8) is 0 Å². The van der Waals surface area contributed by atoms with Crippen LogP contribution in [-0.4, -0.2) is 50.5 Å². The van der Waals surface area contributed by atoms with Gasteiger partial charge in [-0.2, -0.15) is 0 Å². The Morgan fingerprint density at radius 2 is 1.65 bits per heavy atom. The molecule has 0 unspecified atom stereocenters. The zero-order chi connectivity index (χ0) is 23.1. The number of amides is 1. The Kier molecular flexibility index (Phi) is 9.06. The van der Waals surface area contributed by atoms with E-state index < -0.39 is 24.0 Å². The van der Waals surface area contributed by atoms with Crippen LogP contribution >= 0.6 is 0 Å². The van der Waals surface area contributed by atoms with Crippen LogP contribution in [0.3, 0.4) is 0 Å². The fraction of sp³-hybridized carbons (Fsp3) is 0.458. The van der Waals surface area contributed by atoms with Crippen LogP contribution in [0.2, 0.25) is 14.8 Å². The summed E-state index contributed by atoms with van der Waals surface area (Å²) in [7, 11) is 1.59. The molecule has 0 aliphatic carbocycles. The standard InChI is InChI=1S/C21H26NO5.3CH3.Sn/c1-21(2,3)27-20(23)22-14-13-16-5-7-18(8-6-16)26-19-11-9-17(10-12-19)25-15-24-4;;;;/h5-7,9-12H,13-15H2,1-4H3,(H,22,23);3*1H3;. The second-order valence-corrected chi connectivity index (χ2v) is 23.8. The molecule has 2 aromatic rings. The van der Waals surface area contributed by atoms with Gasteiger partial charge in [-0.3, -0.25) is 0 Å². The third-order valence-corrected chi connectivity index (χ3v) is 10.1. The Morgan fingerprint density at radius 3 is 2.23 bits per heavy atom. The topological polar surface area (TPSA) is 66.0 Å². The zero-order valence-corrected chi connectivity index (χ0v) is 22.6. The molecule has 2 aromatic carbocycles. The van der Waals surface area contributed by atoms with E-state index in [-0.39, 0.29) is 12.9 Å². The molecule has 0 bridgehead atoms. The van der Waals surface area contributed by atoms with Gasteiger partial charge in [0.1, 0.15) is 0 Å². The molecule has 0 atom stereocenters. The molecule has 1 N–H and O–H groups in total. The van der Waals surface area contributed by atoms with Gasteiger partial charge in [0.25, 0.3) is 0 Å². The van der Waals surface area contributed by atoms with Gasteiger partial charge in [0.15, 0.2) is 0 Å². The number of carbonyl (C=O) groups excluding carboxylic acids is 1. The Labute approximate surface area is 190 Å². The summed E-state index contributed by atoms with van der Waals surface area (Å²) in [4.78, 5) is 18.9. The first-order valence-corrected chi connectivity index (χ1v) is 20.5. The third-order valence-electron chi connectivity index (χ3n) is 4.33. The van der Waals surface area contributed by atoms with Crippen LogP contribution < -0.4 is 18.4 Å². The maximum atomic E-state index is 11.9. The Bertz CT molecular complexity index is 854. The van der Waals surface area contributed by atoms with Crippen molar-refractivity contribution in [2.24, 2.45) is 0 Å². The SMILES string of the molecule is COCOc1ccc(Oc2ccc(CCNC(=O)OC(C)(C)C)c[c]2[Sn]([CH3])([CH3])[CH3])cc1. The van der Waals surface area contributed by atoms with Crippen LogP contribution in [0.1, 0.15) is 26.3 Å². The van der Waals surface area contributed by atoms with E-state index >= 15 is 0 Å². The van der Waals surface area contributed by atoms with E-state index in [1.807, 2.05) is 51.1 Å². The number of hydrogen-bond donors (Lipinski definition) is 1. The predicted octanol–water partition coefficient (Wildman–Crippen LogP) is 5.07. The summed E-state index contributed by atoms with van der Waals surface area (Å²) in [5.74, 6) is 2.40. The molecular weight excluding hydrogens is 501 g/mol. The van der Waals surface area contributed by atoms with E-state index in [4.69, 9.17) is 18.9 Å². The summed E-state index contributed by atoms with van der Waals surface area (Å²) >= 11 is -2.46. The van der Waals surface area contributed by atoms with Crippen molar-refractivity contribution in [3.8, 4) is 17.2 Å². The summed E-state index contributed by atoms with van der Waals surface area (Å²) in [6.07, 6.45) is 0.348. The molecule has 170 valence electrons. The molecule has 0 aliphatic heterocycles. The molecule has 0 aliphatic rings. The molecule has 0 saturated heterocycles. The van der Waals surface area contributed by atoms with E-state index in [1.165, 1.54) is 9.14 Å². The first kappa shape index (κ1) is 25.3. The molecule has 1 amide bonds. The maximum absolute atomic E-state index is 11.9. The minimum atomic E-state index is -2.46. The van der Waals surface area contributed by atoms with Crippen molar-refractivity contribution in [1.29, 1.82) is 0 Å². The first-order chi connectivity index (χ1) is 14.5. The molecule has 0 heterocycles. The van der Waals surface area contributed by atoms with Crippen LogP contribution in [0.25, 0.3) is 0 Å². The van der Waals surface area contributed by atoms with Gasteiger partial charge in [0.05, 0.1) is 0 Å². The second-order valence-electron chi connectivity index (χ2n) is 9.38. The Balaban J connectivity index is 2.07. The molecule has 6 nitrogen and oxygen atoms in total. The van der Waals surface area contributed by atoms with Gasteiger partial charge in [-0.25, -0.2) is 0 Å². The summed E-state index contributed by atoms with van der Waals surface area (Å²) < 4.78 is 23.2. The summed E-state index contributed by atoms with van der Waals surface area (Å²) in [6, 6.07) is 13.9. The van der Waals surface area contributed by atoms with Crippen molar-refractivity contribution in [2.45, 2.75) is 47.6 Å². The van der Waals surface area contributed by atoms with E-state index in [1.54, 1.807) is 7.11 Å². The molecule has 0 spiro atoms. The number of nitrogens with one attached hydrogen (secondary N) is 1. The average Bonchev–Trinajstić information content (AvgIpc) is 2.66. The number of hydrogen-bond acceptors (Lipinski definition) is 5. The van der Waals surface area contributed by atoms with Gasteiger partial charge < -0.3 is 0 Å². The molecule has 0 radical (unpaired) electrons. The number of benzene rings is 2. The van der Waals surface area contributed by atoms with Crippen LogP contribution in [-0.2, 0) is 15.9 Å². The van der Waals surface area contributed by atoms with Gasteiger partial charge >= 0.3 is 190 Å². The number of methoxy groups -OCH3 is 1. The zero-order valence-electron chi connectivity index (χ0n) is 19.7. The number of rotatable bonds is 9. The van der Waals surface area contributed by atoms with Gasteiger partial charge in [0, 0.05) is 0 Å². The number of alkyl carbamates (subject to hydrolysis) is 1. The van der Waals surface area contributed by atoms with E-state index in [0.717, 1.165) is 23.7 Å². The Hall–Kier alpha value is -1.93. The van der Waals surface area contributed by atoms with Crippen molar-refractivity contribution >= 4 is 28.0 Å². The number of ether oxygens (including phenoxy) is 4. The van der Waals surface area contributed by atoms with Gasteiger partial charge in [0.2, 0.25) is 0 Å². The predicted molar refractivity (Wildman–Crippen MR) is 126 cm³/mol. The van der Waals surface area contributed by atoms with Crippen molar-refractivity contribution in [1.82, 2.24) is 5.32 Å². The van der Waals surface area contributed by atoms with Crippen LogP contribution in [0.5, 0.6) is 17.2 Å². The third kappa shape index (κ3) is 8.99. The summed E-state index contributed by atoms with van der Waals surface area (Å²) in [6.45, 7) is 6.31. The van der Waals surface area contributed by atoms with Gasteiger partial charge in [-0.05, 0) is 0 Å². The molecule has 7 heteroatoms. The summed E-state index contributed by atoms with van der Waals surface area (Å²) in [5.41, 5.74) is 0.679. The van der Waals surface area contributed by atoms with E-state index in [0.29, 0.717) is 6.54 Å². The van der Waals surface area contributed by atoms with Crippen LogP contribution in [0.4, 0.5) is 4.79 Å². The monoisotopic (exact) mass is 537 g/mol. The van der Waals surface area contributed by atoms with Crippen molar-refractivity contribution in [2.75, 3.05) is 20.4 Å². The summed E-state index contributed by atoms with van der Waals surface area (Å²) in [5, 5.41) is 2.82. The molecular formula is C24H35NO5Sn. The van der Waals surface area contributed by atoms with Gasteiger partial charge in [-0.15, -0.1) is 0 Å². The quantitative estimate of drug-likeness (QED) is 0.358. The first-order valence-electron chi connectivity index (χ1n) is 10.5. The molecule has 2 rings (SSSR count). The number of carbonyl (C=O) groups is 1. The van der Waals surface area contributed by atoms with Crippen molar-refractivity contribution in [3.05, 3.63) is 48.0 Å². The minimum absolute atomic E-state index is 0.215. The van der Waals surface area contributed by atoms with Gasteiger partial charge in [-0.1, -0.05) is 0 Å². The normalized spacial score (nSPS) is 11.7. The van der Waals surface area contributed by atoms with E-state index in [9.17, 15) is 4.79 Å². The average molecular weight is 536 g/mol. The molecule has 0 aromatic heterocycles. The molecule has 0 fully saturated rings. The fourth-order valence-electron chi connectivity index (χ4n) is 2.89.